The van der Waals surface area contributed by atoms with Crippen molar-refractivity contribution >= 4 is 11.9 Å². The maximum absolute atomic E-state index is 12.3. The lowest BCUT2D eigenvalue weighted by Crippen LogP contribution is -1.98. The molecule has 0 heterocycles. The van der Waals surface area contributed by atoms with Crippen molar-refractivity contribution in [2.75, 3.05) is 20.3 Å². The lowest BCUT2D eigenvalue weighted by molar-refractivity contribution is 0.104. The SMILES string of the molecule is CCOc1ccc(/C=C/C(=O)c2cccc(OC)c2)cc1OCC. The van der Waals surface area contributed by atoms with Gasteiger partial charge in [-0.2, -0.15) is 0 Å². The summed E-state index contributed by atoms with van der Waals surface area (Å²) in [7, 11) is 1.58. The summed E-state index contributed by atoms with van der Waals surface area (Å²) < 4.78 is 16.3. The van der Waals surface area contributed by atoms with E-state index in [9.17, 15) is 4.79 Å². The Bertz CT molecular complexity index is 719. The van der Waals surface area contributed by atoms with Gasteiger partial charge in [0.15, 0.2) is 17.3 Å². The van der Waals surface area contributed by atoms with Crippen LogP contribution in [0.5, 0.6) is 17.2 Å². The number of methoxy groups -OCH3 is 1. The van der Waals surface area contributed by atoms with Crippen molar-refractivity contribution in [3.63, 3.8) is 0 Å². The molecule has 0 radical (unpaired) electrons. The zero-order valence-electron chi connectivity index (χ0n) is 14.2. The zero-order chi connectivity index (χ0) is 17.4. The zero-order valence-corrected chi connectivity index (χ0v) is 14.2. The quantitative estimate of drug-likeness (QED) is 0.533. The van der Waals surface area contributed by atoms with E-state index >= 15 is 0 Å². The van der Waals surface area contributed by atoms with Gasteiger partial charge in [0.1, 0.15) is 5.75 Å². The van der Waals surface area contributed by atoms with E-state index in [1.165, 1.54) is 0 Å². The van der Waals surface area contributed by atoms with E-state index in [4.69, 9.17) is 14.2 Å². The molecule has 2 aromatic carbocycles. The molecule has 0 saturated carbocycles. The van der Waals surface area contributed by atoms with Gasteiger partial charge in [-0.3, -0.25) is 4.79 Å². The van der Waals surface area contributed by atoms with Gasteiger partial charge in [-0.15, -0.1) is 0 Å². The molecule has 0 fully saturated rings. The largest absolute Gasteiger partial charge is 0.497 e. The van der Waals surface area contributed by atoms with Gasteiger partial charge in [-0.05, 0) is 49.8 Å². The van der Waals surface area contributed by atoms with Crippen LogP contribution in [0.3, 0.4) is 0 Å². The highest BCUT2D eigenvalue weighted by atomic mass is 16.5. The third kappa shape index (κ3) is 4.62. The average Bonchev–Trinajstić information content (AvgIpc) is 2.62. The number of ether oxygens (including phenoxy) is 3. The molecule has 0 atom stereocenters. The first kappa shape index (κ1) is 17.6. The molecule has 0 unspecified atom stereocenters. The Balaban J connectivity index is 2.18. The van der Waals surface area contributed by atoms with Crippen LogP contribution in [0.2, 0.25) is 0 Å². The van der Waals surface area contributed by atoms with Gasteiger partial charge < -0.3 is 14.2 Å². The van der Waals surface area contributed by atoms with Crippen molar-refractivity contribution in [3.8, 4) is 17.2 Å². The van der Waals surface area contributed by atoms with Gasteiger partial charge >= 0.3 is 0 Å². The molecule has 0 bridgehead atoms. The van der Waals surface area contributed by atoms with Crippen LogP contribution in [0.15, 0.2) is 48.5 Å². The Hall–Kier alpha value is -2.75. The number of hydrogen-bond donors (Lipinski definition) is 0. The third-order valence-electron chi connectivity index (χ3n) is 3.35. The maximum atomic E-state index is 12.3. The van der Waals surface area contributed by atoms with Crippen molar-refractivity contribution in [1.29, 1.82) is 0 Å². The summed E-state index contributed by atoms with van der Waals surface area (Å²) in [5.74, 6) is 1.96. The van der Waals surface area contributed by atoms with E-state index < -0.39 is 0 Å². The first-order chi connectivity index (χ1) is 11.7. The highest BCUT2D eigenvalue weighted by molar-refractivity contribution is 6.07. The van der Waals surface area contributed by atoms with Gasteiger partial charge in [0.05, 0.1) is 20.3 Å². The summed E-state index contributed by atoms with van der Waals surface area (Å²) in [6.45, 7) is 4.97. The first-order valence-electron chi connectivity index (χ1n) is 7.94. The molecule has 126 valence electrons. The topological polar surface area (TPSA) is 44.8 Å². The van der Waals surface area contributed by atoms with Crippen molar-refractivity contribution in [2.24, 2.45) is 0 Å². The van der Waals surface area contributed by atoms with Gasteiger partial charge in [0.25, 0.3) is 0 Å². The summed E-state index contributed by atoms with van der Waals surface area (Å²) in [6, 6.07) is 12.7. The minimum Gasteiger partial charge on any atom is -0.497 e. The fourth-order valence-corrected chi connectivity index (χ4v) is 2.22. The minimum absolute atomic E-state index is 0.0826. The summed E-state index contributed by atoms with van der Waals surface area (Å²) in [4.78, 5) is 12.3. The molecule has 0 aromatic heterocycles. The van der Waals surface area contributed by atoms with Crippen molar-refractivity contribution in [2.45, 2.75) is 13.8 Å². The fourth-order valence-electron chi connectivity index (χ4n) is 2.22. The lowest BCUT2D eigenvalue weighted by Gasteiger charge is -2.11. The molecule has 0 aliphatic rings. The van der Waals surface area contributed by atoms with E-state index in [-0.39, 0.29) is 5.78 Å². The van der Waals surface area contributed by atoms with E-state index in [2.05, 4.69) is 0 Å². The molecule has 4 heteroatoms. The summed E-state index contributed by atoms with van der Waals surface area (Å²) in [5, 5.41) is 0. The van der Waals surface area contributed by atoms with Crippen LogP contribution in [-0.2, 0) is 0 Å². The summed E-state index contributed by atoms with van der Waals surface area (Å²) in [5.41, 5.74) is 1.46. The smallest absolute Gasteiger partial charge is 0.185 e. The molecular formula is C20H22O4. The van der Waals surface area contributed by atoms with Crippen molar-refractivity contribution in [3.05, 3.63) is 59.7 Å². The second kappa shape index (κ2) is 8.77. The number of carbonyl (C=O) groups excluding carboxylic acids is 1. The standard InChI is InChI=1S/C20H22O4/c1-4-23-19-12-10-15(13-20(19)24-5-2)9-11-18(21)16-7-6-8-17(14-16)22-3/h6-14H,4-5H2,1-3H3/b11-9+. The van der Waals surface area contributed by atoms with E-state index in [1.54, 1.807) is 43.5 Å². The van der Waals surface area contributed by atoms with Crippen molar-refractivity contribution < 1.29 is 19.0 Å². The maximum Gasteiger partial charge on any atom is 0.185 e. The molecule has 2 aromatic rings. The van der Waals surface area contributed by atoms with Gasteiger partial charge in [-0.25, -0.2) is 0 Å². The molecule has 0 spiro atoms. The van der Waals surface area contributed by atoms with E-state index in [0.717, 1.165) is 5.56 Å². The van der Waals surface area contributed by atoms with Crippen LogP contribution < -0.4 is 14.2 Å². The molecule has 0 N–H and O–H groups in total. The summed E-state index contributed by atoms with van der Waals surface area (Å²) >= 11 is 0. The predicted octanol–water partition coefficient (Wildman–Crippen LogP) is 4.39. The molecular weight excluding hydrogens is 304 g/mol. The molecule has 0 aliphatic carbocycles. The molecule has 2 rings (SSSR count). The van der Waals surface area contributed by atoms with Gasteiger partial charge in [0, 0.05) is 5.56 Å². The molecule has 0 amide bonds. The number of allylic oxidation sites excluding steroid dienone is 1. The Labute approximate surface area is 142 Å². The highest BCUT2D eigenvalue weighted by Crippen LogP contribution is 2.29. The van der Waals surface area contributed by atoms with Crippen LogP contribution in [0.4, 0.5) is 0 Å². The molecule has 24 heavy (non-hydrogen) atoms. The second-order valence-electron chi connectivity index (χ2n) is 5.00. The lowest BCUT2D eigenvalue weighted by atomic mass is 10.1. The second-order valence-corrected chi connectivity index (χ2v) is 5.00. The molecule has 4 nitrogen and oxygen atoms in total. The Morgan fingerprint density at radius 1 is 1.00 bits per heavy atom. The van der Waals surface area contributed by atoms with E-state index in [0.29, 0.717) is 36.0 Å². The Morgan fingerprint density at radius 3 is 2.46 bits per heavy atom. The van der Waals surface area contributed by atoms with Gasteiger partial charge in [0.2, 0.25) is 0 Å². The Morgan fingerprint density at radius 2 is 1.75 bits per heavy atom. The number of carbonyl (C=O) groups is 1. The minimum atomic E-state index is -0.0826. The van der Waals surface area contributed by atoms with Crippen LogP contribution in [0.25, 0.3) is 6.08 Å². The number of benzene rings is 2. The van der Waals surface area contributed by atoms with Crippen molar-refractivity contribution in [1.82, 2.24) is 0 Å². The van der Waals surface area contributed by atoms with Gasteiger partial charge in [-0.1, -0.05) is 24.3 Å². The van der Waals surface area contributed by atoms with Crippen LogP contribution in [0, 0.1) is 0 Å². The third-order valence-corrected chi connectivity index (χ3v) is 3.35. The van der Waals surface area contributed by atoms with Crippen LogP contribution >= 0.6 is 0 Å². The fraction of sp³-hybridized carbons (Fsp3) is 0.250. The normalized spacial score (nSPS) is 10.6. The average molecular weight is 326 g/mol. The van der Waals surface area contributed by atoms with Crippen LogP contribution in [0.1, 0.15) is 29.8 Å². The predicted molar refractivity (Wildman–Crippen MR) is 95.1 cm³/mol. The monoisotopic (exact) mass is 326 g/mol. The number of ketones is 1. The number of rotatable bonds is 8. The van der Waals surface area contributed by atoms with E-state index in [1.807, 2.05) is 32.0 Å². The summed E-state index contributed by atoms with van der Waals surface area (Å²) in [6.07, 6.45) is 3.31. The first-order valence-corrected chi connectivity index (χ1v) is 7.94. The molecule has 0 saturated heterocycles. The Kier molecular flexibility index (Phi) is 6.43. The number of hydrogen-bond acceptors (Lipinski definition) is 4. The molecule has 0 aliphatic heterocycles. The highest BCUT2D eigenvalue weighted by Gasteiger charge is 2.06. The van der Waals surface area contributed by atoms with Crippen LogP contribution in [-0.4, -0.2) is 26.1 Å².